The highest BCUT2D eigenvalue weighted by Gasteiger charge is 2.42. The first kappa shape index (κ1) is 31.0. The molecule has 13 heteroatoms. The highest BCUT2D eigenvalue weighted by Crippen LogP contribution is 2.26. The topological polar surface area (TPSA) is 130 Å². The highest BCUT2D eigenvalue weighted by molar-refractivity contribution is 5.76. The second-order valence-corrected chi connectivity index (χ2v) is 11.7. The van der Waals surface area contributed by atoms with Crippen LogP contribution < -0.4 is 5.48 Å². The number of hydrogen-bond acceptors (Lipinski definition) is 8. The van der Waals surface area contributed by atoms with E-state index < -0.39 is 29.5 Å². The third kappa shape index (κ3) is 8.98. The summed E-state index contributed by atoms with van der Waals surface area (Å²) >= 11 is 0. The molecular weight excluding hydrogens is 522 g/mol. The van der Waals surface area contributed by atoms with Crippen molar-refractivity contribution in [3.63, 3.8) is 0 Å². The van der Waals surface area contributed by atoms with Crippen LogP contribution in [0.3, 0.4) is 0 Å². The predicted octanol–water partition coefficient (Wildman–Crippen LogP) is 3.45. The number of rotatable bonds is 6. The van der Waals surface area contributed by atoms with Crippen LogP contribution in [0.25, 0.3) is 0 Å². The third-order valence-electron chi connectivity index (χ3n) is 5.94. The summed E-state index contributed by atoms with van der Waals surface area (Å²) in [5.41, 5.74) is 1.74. The molecule has 222 valence electrons. The molecule has 5 amide bonds. The molecule has 0 saturated carbocycles. The van der Waals surface area contributed by atoms with E-state index in [4.69, 9.17) is 19.1 Å². The monoisotopic (exact) mass is 563 g/mol. The summed E-state index contributed by atoms with van der Waals surface area (Å²) in [5.74, 6) is 0. The maximum atomic E-state index is 12.3. The number of urea groups is 1. The van der Waals surface area contributed by atoms with Crippen molar-refractivity contribution >= 4 is 24.6 Å². The number of hydroxylamine groups is 3. The predicted molar refractivity (Wildman–Crippen MR) is 143 cm³/mol. The van der Waals surface area contributed by atoms with E-state index >= 15 is 0 Å². The fourth-order valence-electron chi connectivity index (χ4n) is 4.31. The molecule has 1 aromatic rings. The van der Waals surface area contributed by atoms with Gasteiger partial charge >= 0.3 is 18.2 Å². The third-order valence-corrected chi connectivity index (χ3v) is 5.94. The first-order chi connectivity index (χ1) is 18.8. The Balaban J connectivity index is 0.000000229. The van der Waals surface area contributed by atoms with Gasteiger partial charge in [-0.25, -0.2) is 29.9 Å². The zero-order chi connectivity index (χ0) is 29.5. The van der Waals surface area contributed by atoms with Crippen LogP contribution in [0.2, 0.25) is 0 Å². The first-order valence-corrected chi connectivity index (χ1v) is 13.4. The van der Waals surface area contributed by atoms with E-state index in [9.17, 15) is 19.2 Å². The van der Waals surface area contributed by atoms with Crippen molar-refractivity contribution in [1.82, 2.24) is 25.5 Å². The molecule has 2 bridgehead atoms. The quantitative estimate of drug-likeness (QED) is 0.412. The van der Waals surface area contributed by atoms with Gasteiger partial charge < -0.3 is 14.4 Å². The van der Waals surface area contributed by atoms with Gasteiger partial charge in [0, 0.05) is 13.1 Å². The fraction of sp³-hybridized carbons (Fsp3) is 0.630. The first-order valence-electron chi connectivity index (χ1n) is 13.4. The van der Waals surface area contributed by atoms with Gasteiger partial charge in [0.05, 0.1) is 19.1 Å². The lowest BCUT2D eigenvalue weighted by Gasteiger charge is -2.31. The smallest absolute Gasteiger partial charge is 0.429 e. The molecule has 3 aliphatic rings. The van der Waals surface area contributed by atoms with Gasteiger partial charge in [-0.2, -0.15) is 5.06 Å². The molecule has 0 radical (unpaired) electrons. The molecule has 1 atom stereocenters. The molecule has 0 aromatic heterocycles. The number of benzene rings is 1. The lowest BCUT2D eigenvalue weighted by Crippen LogP contribution is -2.48. The molecule has 4 rings (SSSR count). The zero-order valence-electron chi connectivity index (χ0n) is 24.1. The Kier molecular flexibility index (Phi) is 10.2. The summed E-state index contributed by atoms with van der Waals surface area (Å²) in [6, 6.07) is 10.2. The normalized spacial score (nSPS) is 19.2. The standard InChI is InChI=1S/C14H25N3O6.C13H16N2O2/c1-13(2,3)21-11(19)16-7-10(23-15-9-18)8-17(16)12(20)22-14(4,5)6;16-13-14-8-4-7-12(9-14)15(13)17-10-11-5-2-1-3-6-11/h9-10H,7-8H2,1-6H3,(H,15,18);1-3,5-6,12H,4,7-10H2. The van der Waals surface area contributed by atoms with Crippen molar-refractivity contribution in [3.05, 3.63) is 35.9 Å². The number of hydrogen-bond donors (Lipinski definition) is 1. The van der Waals surface area contributed by atoms with Crippen molar-refractivity contribution < 1.29 is 38.3 Å². The van der Waals surface area contributed by atoms with E-state index in [-0.39, 0.29) is 25.2 Å². The SMILES string of the molecule is CC(C)(C)OC(=O)N1CC(ONC=O)CN1C(=O)OC(C)(C)C.O=C1N2CCCC(C2)N1OCc1ccccc1. The van der Waals surface area contributed by atoms with Gasteiger partial charge in [-0.05, 0) is 59.9 Å². The van der Waals surface area contributed by atoms with E-state index in [2.05, 4.69) is 5.48 Å². The Labute approximate surface area is 235 Å². The Bertz CT molecular complexity index is 990. The van der Waals surface area contributed by atoms with Gasteiger partial charge in [-0.1, -0.05) is 30.3 Å². The number of fused-ring (bicyclic) bond motifs is 2. The van der Waals surface area contributed by atoms with Crippen LogP contribution in [-0.2, 0) is 30.6 Å². The van der Waals surface area contributed by atoms with Crippen LogP contribution in [0.15, 0.2) is 30.3 Å². The van der Waals surface area contributed by atoms with E-state index in [1.54, 1.807) is 46.6 Å². The Morgan fingerprint density at radius 2 is 1.52 bits per heavy atom. The summed E-state index contributed by atoms with van der Waals surface area (Å²) in [5, 5.41) is 3.78. The minimum Gasteiger partial charge on any atom is -0.442 e. The zero-order valence-corrected chi connectivity index (χ0v) is 24.1. The molecule has 3 aliphatic heterocycles. The van der Waals surface area contributed by atoms with E-state index in [1.165, 1.54) is 0 Å². The van der Waals surface area contributed by atoms with Crippen molar-refractivity contribution in [3.8, 4) is 0 Å². The number of carbonyl (C=O) groups is 4. The number of ether oxygens (including phenoxy) is 2. The number of nitrogens with one attached hydrogen (secondary N) is 1. The van der Waals surface area contributed by atoms with Crippen LogP contribution in [0.1, 0.15) is 59.9 Å². The van der Waals surface area contributed by atoms with Gasteiger partial charge in [0.1, 0.15) is 23.9 Å². The summed E-state index contributed by atoms with van der Waals surface area (Å²) < 4.78 is 10.6. The van der Waals surface area contributed by atoms with Gasteiger partial charge in [0.2, 0.25) is 6.41 Å². The van der Waals surface area contributed by atoms with Crippen LogP contribution >= 0.6 is 0 Å². The lowest BCUT2D eigenvalue weighted by atomic mass is 10.1. The number of nitrogens with zero attached hydrogens (tertiary/aromatic N) is 4. The summed E-state index contributed by atoms with van der Waals surface area (Å²) in [7, 11) is 0. The molecule has 3 fully saturated rings. The van der Waals surface area contributed by atoms with Gasteiger partial charge in [-0.3, -0.25) is 14.5 Å². The minimum atomic E-state index is -0.712. The van der Waals surface area contributed by atoms with Crippen molar-refractivity contribution in [1.29, 1.82) is 0 Å². The maximum Gasteiger partial charge on any atom is 0.429 e. The van der Waals surface area contributed by atoms with Crippen LogP contribution in [0.5, 0.6) is 0 Å². The molecular formula is C27H41N5O8. The fourth-order valence-corrected chi connectivity index (χ4v) is 4.31. The number of amides is 5. The second kappa shape index (κ2) is 13.2. The summed E-state index contributed by atoms with van der Waals surface area (Å²) in [6.07, 6.45) is 0.536. The number of hydrazine groups is 1. The molecule has 1 unspecified atom stereocenters. The number of piperidine rings is 1. The average Bonchev–Trinajstić information content (AvgIpc) is 3.39. The summed E-state index contributed by atoms with van der Waals surface area (Å²) in [4.78, 5) is 59.4. The second-order valence-electron chi connectivity index (χ2n) is 11.7. The highest BCUT2D eigenvalue weighted by atomic mass is 16.7. The molecule has 13 nitrogen and oxygen atoms in total. The van der Waals surface area contributed by atoms with Crippen molar-refractivity contribution in [2.24, 2.45) is 0 Å². The average molecular weight is 564 g/mol. The van der Waals surface area contributed by atoms with Gasteiger partial charge in [0.25, 0.3) is 0 Å². The minimum absolute atomic E-state index is 0.0310. The van der Waals surface area contributed by atoms with Gasteiger partial charge in [0.15, 0.2) is 0 Å². The molecule has 40 heavy (non-hydrogen) atoms. The Morgan fingerprint density at radius 1 is 0.950 bits per heavy atom. The Morgan fingerprint density at radius 3 is 2.02 bits per heavy atom. The van der Waals surface area contributed by atoms with Crippen molar-refractivity contribution in [2.45, 2.75) is 84.3 Å². The van der Waals surface area contributed by atoms with Crippen LogP contribution in [-0.4, -0.2) is 94.1 Å². The lowest BCUT2D eigenvalue weighted by molar-refractivity contribution is -0.140. The molecule has 1 aromatic carbocycles. The van der Waals surface area contributed by atoms with E-state index in [0.717, 1.165) is 41.5 Å². The largest absolute Gasteiger partial charge is 0.442 e. The van der Waals surface area contributed by atoms with Gasteiger partial charge in [-0.15, -0.1) is 0 Å². The molecule has 3 heterocycles. The molecule has 0 spiro atoms. The van der Waals surface area contributed by atoms with Crippen LogP contribution in [0.4, 0.5) is 14.4 Å². The molecule has 1 N–H and O–H groups in total. The molecule has 3 saturated heterocycles. The van der Waals surface area contributed by atoms with Crippen molar-refractivity contribution in [2.75, 3.05) is 26.2 Å². The summed E-state index contributed by atoms with van der Waals surface area (Å²) in [6.45, 7) is 12.6. The van der Waals surface area contributed by atoms with Crippen LogP contribution in [0, 0.1) is 0 Å². The molecule has 0 aliphatic carbocycles. The van der Waals surface area contributed by atoms with E-state index in [0.29, 0.717) is 13.0 Å². The van der Waals surface area contributed by atoms with E-state index in [1.807, 2.05) is 35.2 Å². The maximum absolute atomic E-state index is 12.3. The number of carbonyl (C=O) groups excluding carboxylic acids is 4. The Hall–Kier alpha value is -3.58.